The van der Waals surface area contributed by atoms with Crippen molar-refractivity contribution in [2.75, 3.05) is 24.5 Å². The van der Waals surface area contributed by atoms with Gasteiger partial charge in [-0.3, -0.25) is 0 Å². The molecule has 1 aliphatic carbocycles. The van der Waals surface area contributed by atoms with Crippen LogP contribution in [0.25, 0.3) is 0 Å². The van der Waals surface area contributed by atoms with Gasteiger partial charge in [0, 0.05) is 30.3 Å². The molecule has 0 saturated heterocycles. The van der Waals surface area contributed by atoms with E-state index in [1.54, 1.807) is 12.1 Å². The van der Waals surface area contributed by atoms with Crippen LogP contribution >= 0.6 is 11.6 Å². The summed E-state index contributed by atoms with van der Waals surface area (Å²) >= 11 is 6.13. The van der Waals surface area contributed by atoms with Gasteiger partial charge in [-0.25, -0.2) is 0 Å². The summed E-state index contributed by atoms with van der Waals surface area (Å²) in [6, 6.07) is 18.1. The first-order valence-electron chi connectivity index (χ1n) is 8.45. The summed E-state index contributed by atoms with van der Waals surface area (Å²) in [5.74, 6) is 0.883. The van der Waals surface area contributed by atoms with Gasteiger partial charge in [0.2, 0.25) is 0 Å². The maximum absolute atomic E-state index is 9.35. The van der Waals surface area contributed by atoms with Crippen molar-refractivity contribution in [1.29, 1.82) is 5.26 Å². The molecule has 3 rings (SSSR count). The van der Waals surface area contributed by atoms with Gasteiger partial charge in [0.05, 0.1) is 11.6 Å². The molecule has 1 fully saturated rings. The summed E-state index contributed by atoms with van der Waals surface area (Å²) in [4.78, 5) is 2.30. The summed E-state index contributed by atoms with van der Waals surface area (Å²) in [6.07, 6.45) is 2.73. The number of rotatable bonds is 8. The average molecular weight is 340 g/mol. The molecule has 0 spiro atoms. The average Bonchev–Trinajstić information content (AvgIpc) is 3.43. The Kier molecular flexibility index (Phi) is 5.74. The minimum absolute atomic E-state index is 0.670. The number of benzene rings is 2. The Morgan fingerprint density at radius 3 is 2.67 bits per heavy atom. The molecule has 0 unspecified atom stereocenters. The van der Waals surface area contributed by atoms with Gasteiger partial charge in [0.15, 0.2) is 0 Å². The number of nitrogens with zero attached hydrogens (tertiary/aromatic N) is 2. The van der Waals surface area contributed by atoms with Crippen molar-refractivity contribution in [3.63, 3.8) is 0 Å². The van der Waals surface area contributed by atoms with Gasteiger partial charge in [-0.05, 0) is 61.2 Å². The smallest absolute Gasteiger partial charge is 0.0995 e. The topological polar surface area (TPSA) is 39.1 Å². The highest BCUT2D eigenvalue weighted by Crippen LogP contribution is 2.27. The van der Waals surface area contributed by atoms with E-state index < -0.39 is 0 Å². The summed E-state index contributed by atoms with van der Waals surface area (Å²) < 4.78 is 0. The second-order valence-corrected chi connectivity index (χ2v) is 6.75. The van der Waals surface area contributed by atoms with E-state index in [9.17, 15) is 5.26 Å². The van der Waals surface area contributed by atoms with E-state index >= 15 is 0 Å². The fraction of sp³-hybridized carbons (Fsp3) is 0.350. The van der Waals surface area contributed by atoms with Crippen LogP contribution in [0.2, 0.25) is 5.02 Å². The van der Waals surface area contributed by atoms with E-state index in [-0.39, 0.29) is 0 Å². The van der Waals surface area contributed by atoms with Crippen molar-refractivity contribution < 1.29 is 0 Å². The highest BCUT2D eigenvalue weighted by atomic mass is 35.5. The van der Waals surface area contributed by atoms with E-state index in [4.69, 9.17) is 11.6 Å². The number of nitrogens with one attached hydrogen (secondary N) is 1. The van der Waals surface area contributed by atoms with Crippen molar-refractivity contribution in [3.8, 4) is 6.07 Å². The zero-order valence-corrected chi connectivity index (χ0v) is 14.5. The van der Waals surface area contributed by atoms with Crippen LogP contribution in [0.3, 0.4) is 0 Å². The second kappa shape index (κ2) is 8.19. The van der Waals surface area contributed by atoms with E-state index in [1.165, 1.54) is 12.8 Å². The monoisotopic (exact) mass is 339 g/mol. The summed E-state index contributed by atoms with van der Waals surface area (Å²) in [7, 11) is 0. The van der Waals surface area contributed by atoms with Crippen molar-refractivity contribution in [3.05, 3.63) is 64.7 Å². The zero-order valence-electron chi connectivity index (χ0n) is 13.7. The van der Waals surface area contributed by atoms with Crippen LogP contribution < -0.4 is 10.2 Å². The van der Waals surface area contributed by atoms with Gasteiger partial charge in [-0.2, -0.15) is 5.26 Å². The molecule has 3 nitrogen and oxygen atoms in total. The number of anilines is 1. The Labute approximate surface area is 148 Å². The van der Waals surface area contributed by atoms with Crippen LogP contribution in [0.4, 0.5) is 5.69 Å². The summed E-state index contributed by atoms with van der Waals surface area (Å²) in [5.41, 5.74) is 2.82. The SMILES string of the molecule is N#Cc1ccc(Cl)cc1CN(CCNCC1CC1)c1ccccc1. The van der Waals surface area contributed by atoms with Crippen molar-refractivity contribution in [2.45, 2.75) is 19.4 Å². The van der Waals surface area contributed by atoms with Crippen molar-refractivity contribution in [2.24, 2.45) is 5.92 Å². The normalized spacial score (nSPS) is 13.5. The predicted molar refractivity (Wildman–Crippen MR) is 99.3 cm³/mol. The molecule has 124 valence electrons. The number of para-hydroxylation sites is 1. The van der Waals surface area contributed by atoms with Gasteiger partial charge in [0.25, 0.3) is 0 Å². The fourth-order valence-electron chi connectivity index (χ4n) is 2.79. The Hall–Kier alpha value is -2.02. The van der Waals surface area contributed by atoms with Gasteiger partial charge in [0.1, 0.15) is 0 Å². The number of halogens is 1. The van der Waals surface area contributed by atoms with E-state index in [1.807, 2.05) is 24.3 Å². The van der Waals surface area contributed by atoms with Crippen molar-refractivity contribution >= 4 is 17.3 Å². The lowest BCUT2D eigenvalue weighted by Gasteiger charge is -2.26. The lowest BCUT2D eigenvalue weighted by atomic mass is 10.1. The molecule has 1 aliphatic rings. The first-order valence-corrected chi connectivity index (χ1v) is 8.83. The molecule has 0 aliphatic heterocycles. The molecule has 0 atom stereocenters. The first-order chi connectivity index (χ1) is 11.8. The van der Waals surface area contributed by atoms with E-state index in [0.29, 0.717) is 17.1 Å². The quantitative estimate of drug-likeness (QED) is 0.732. The molecule has 0 radical (unpaired) electrons. The van der Waals surface area contributed by atoms with Gasteiger partial charge < -0.3 is 10.2 Å². The molecule has 2 aromatic rings. The number of hydrogen-bond donors (Lipinski definition) is 1. The zero-order chi connectivity index (χ0) is 16.8. The molecule has 2 aromatic carbocycles. The molecule has 24 heavy (non-hydrogen) atoms. The summed E-state index contributed by atoms with van der Waals surface area (Å²) in [5, 5.41) is 13.6. The van der Waals surface area contributed by atoms with Gasteiger partial charge in [-0.1, -0.05) is 29.8 Å². The Bertz CT molecular complexity index is 705. The molecule has 0 heterocycles. The Morgan fingerprint density at radius 2 is 1.96 bits per heavy atom. The van der Waals surface area contributed by atoms with Gasteiger partial charge in [-0.15, -0.1) is 0 Å². The highest BCUT2D eigenvalue weighted by molar-refractivity contribution is 6.30. The van der Waals surface area contributed by atoms with Crippen LogP contribution in [0.1, 0.15) is 24.0 Å². The van der Waals surface area contributed by atoms with Gasteiger partial charge >= 0.3 is 0 Å². The lowest BCUT2D eigenvalue weighted by molar-refractivity contribution is 0.622. The van der Waals surface area contributed by atoms with Crippen LogP contribution in [0.5, 0.6) is 0 Å². The van der Waals surface area contributed by atoms with Crippen molar-refractivity contribution in [1.82, 2.24) is 5.32 Å². The largest absolute Gasteiger partial charge is 0.366 e. The molecule has 1 N–H and O–H groups in total. The lowest BCUT2D eigenvalue weighted by Crippen LogP contribution is -2.32. The van der Waals surface area contributed by atoms with Crippen LogP contribution in [-0.2, 0) is 6.54 Å². The summed E-state index contributed by atoms with van der Waals surface area (Å²) in [6.45, 7) is 3.63. The Balaban J connectivity index is 1.71. The third kappa shape index (κ3) is 4.74. The minimum atomic E-state index is 0.670. The predicted octanol–water partition coefficient (Wildman–Crippen LogP) is 4.22. The molecule has 0 bridgehead atoms. The van der Waals surface area contributed by atoms with Crippen LogP contribution in [0, 0.1) is 17.2 Å². The van der Waals surface area contributed by atoms with Crippen LogP contribution in [-0.4, -0.2) is 19.6 Å². The third-order valence-corrected chi connectivity index (χ3v) is 4.59. The molecule has 1 saturated carbocycles. The molecule has 4 heteroatoms. The molecule has 0 aromatic heterocycles. The van der Waals surface area contributed by atoms with Crippen LogP contribution in [0.15, 0.2) is 48.5 Å². The molecular weight excluding hydrogens is 318 g/mol. The third-order valence-electron chi connectivity index (χ3n) is 4.36. The standard InChI is InChI=1S/C20H22ClN3/c21-19-9-8-17(13-22)18(12-19)15-24(20-4-2-1-3-5-20)11-10-23-14-16-6-7-16/h1-5,8-9,12,16,23H,6-7,10-11,14-15H2. The van der Waals surface area contributed by atoms with E-state index in [0.717, 1.165) is 36.8 Å². The Morgan fingerprint density at radius 1 is 1.17 bits per heavy atom. The fourth-order valence-corrected chi connectivity index (χ4v) is 2.98. The maximum Gasteiger partial charge on any atom is 0.0995 e. The number of hydrogen-bond acceptors (Lipinski definition) is 3. The number of nitriles is 1. The first kappa shape index (κ1) is 16.8. The second-order valence-electron chi connectivity index (χ2n) is 6.32. The minimum Gasteiger partial charge on any atom is -0.366 e. The maximum atomic E-state index is 9.35. The molecule has 0 amide bonds. The van der Waals surface area contributed by atoms with E-state index in [2.05, 4.69) is 28.4 Å². The highest BCUT2D eigenvalue weighted by Gasteiger charge is 2.20. The molecular formula is C20H22ClN3.